The van der Waals surface area contributed by atoms with Crippen molar-refractivity contribution in [2.75, 3.05) is 5.75 Å². The molecule has 28 heavy (non-hydrogen) atoms. The molecule has 0 saturated carbocycles. The van der Waals surface area contributed by atoms with E-state index in [1.807, 2.05) is 53.4 Å². The molecule has 0 aliphatic rings. The highest BCUT2D eigenvalue weighted by Crippen LogP contribution is 2.22. The molecular weight excluding hydrogens is 366 g/mol. The van der Waals surface area contributed by atoms with Gasteiger partial charge in [-0.05, 0) is 47.6 Å². The Morgan fingerprint density at radius 1 is 0.786 bits per heavy atom. The van der Waals surface area contributed by atoms with E-state index >= 15 is 0 Å². The Morgan fingerprint density at radius 3 is 1.86 bits per heavy atom. The molecule has 0 aliphatic heterocycles. The van der Waals surface area contributed by atoms with E-state index in [9.17, 15) is 9.90 Å². The Labute approximate surface area is 171 Å². The van der Waals surface area contributed by atoms with Gasteiger partial charge in [-0.2, -0.15) is 0 Å². The number of rotatable bonds is 9. The van der Waals surface area contributed by atoms with Gasteiger partial charge in [0.15, 0.2) is 0 Å². The number of thioether (sulfide) groups is 1. The number of hydrogen-bond acceptors (Lipinski definition) is 3. The summed E-state index contributed by atoms with van der Waals surface area (Å²) in [6.45, 7) is 1.25. The molecule has 0 bridgehead atoms. The van der Waals surface area contributed by atoms with Crippen molar-refractivity contribution in [3.63, 3.8) is 0 Å². The topological polar surface area (TPSA) is 40.5 Å². The smallest absolute Gasteiger partial charge is 0.223 e. The molecule has 4 heteroatoms. The Kier molecular flexibility index (Phi) is 7.56. The van der Waals surface area contributed by atoms with Crippen molar-refractivity contribution in [3.05, 3.63) is 96.1 Å². The monoisotopic (exact) mass is 391 g/mol. The summed E-state index contributed by atoms with van der Waals surface area (Å²) in [4.78, 5) is 15.9. The maximum absolute atomic E-state index is 12.9. The first-order chi connectivity index (χ1) is 13.7. The molecule has 0 fully saturated rings. The van der Waals surface area contributed by atoms with Crippen molar-refractivity contribution in [2.45, 2.75) is 30.8 Å². The highest BCUT2D eigenvalue weighted by Gasteiger charge is 2.14. The van der Waals surface area contributed by atoms with E-state index < -0.39 is 0 Å². The first-order valence-corrected chi connectivity index (χ1v) is 10.5. The third-order valence-electron chi connectivity index (χ3n) is 4.43. The van der Waals surface area contributed by atoms with E-state index in [4.69, 9.17) is 0 Å². The lowest BCUT2D eigenvalue weighted by atomic mass is 10.1. The molecule has 3 aromatic rings. The van der Waals surface area contributed by atoms with Gasteiger partial charge in [0, 0.05) is 24.4 Å². The third kappa shape index (κ3) is 6.46. The summed E-state index contributed by atoms with van der Waals surface area (Å²) >= 11 is 1.71. The molecule has 0 aliphatic carbocycles. The second kappa shape index (κ2) is 10.6. The van der Waals surface area contributed by atoms with E-state index in [-0.39, 0.29) is 11.7 Å². The number of benzene rings is 3. The average molecular weight is 392 g/mol. The van der Waals surface area contributed by atoms with Gasteiger partial charge in [0.2, 0.25) is 5.91 Å². The minimum atomic E-state index is 0.180. The van der Waals surface area contributed by atoms with Crippen LogP contribution in [0.3, 0.4) is 0 Å². The molecule has 144 valence electrons. The number of nitrogens with zero attached hydrogens (tertiary/aromatic N) is 1. The molecule has 0 heterocycles. The maximum Gasteiger partial charge on any atom is 0.223 e. The first kappa shape index (κ1) is 20.0. The summed E-state index contributed by atoms with van der Waals surface area (Å²) in [5, 5.41) is 9.34. The minimum absolute atomic E-state index is 0.180. The lowest BCUT2D eigenvalue weighted by Crippen LogP contribution is -2.30. The van der Waals surface area contributed by atoms with E-state index in [2.05, 4.69) is 24.3 Å². The summed E-state index contributed by atoms with van der Waals surface area (Å²) in [5.74, 6) is 1.33. The normalized spacial score (nSPS) is 10.6. The van der Waals surface area contributed by atoms with Gasteiger partial charge >= 0.3 is 0 Å². The number of carbonyl (C=O) groups is 1. The van der Waals surface area contributed by atoms with Crippen molar-refractivity contribution in [1.29, 1.82) is 0 Å². The van der Waals surface area contributed by atoms with E-state index in [0.717, 1.165) is 28.2 Å². The summed E-state index contributed by atoms with van der Waals surface area (Å²) < 4.78 is 0. The Morgan fingerprint density at radius 2 is 1.32 bits per heavy atom. The summed E-state index contributed by atoms with van der Waals surface area (Å²) in [7, 11) is 0. The molecule has 0 saturated heterocycles. The van der Waals surface area contributed by atoms with Crippen LogP contribution in [-0.2, 0) is 17.9 Å². The van der Waals surface area contributed by atoms with Gasteiger partial charge in [-0.1, -0.05) is 60.7 Å². The average Bonchev–Trinajstić information content (AvgIpc) is 2.73. The maximum atomic E-state index is 12.9. The Bertz CT molecular complexity index is 809. The largest absolute Gasteiger partial charge is 0.508 e. The van der Waals surface area contributed by atoms with Crippen LogP contribution >= 0.6 is 11.8 Å². The molecule has 0 unspecified atom stereocenters. The van der Waals surface area contributed by atoms with Crippen molar-refractivity contribution in [3.8, 4) is 5.75 Å². The SMILES string of the molecule is O=C(CCCSc1ccc(O)cc1)N(Cc1ccccc1)Cc1ccccc1. The van der Waals surface area contributed by atoms with E-state index in [1.165, 1.54) is 0 Å². The minimum Gasteiger partial charge on any atom is -0.508 e. The Balaban J connectivity index is 1.55. The van der Waals surface area contributed by atoms with Crippen LogP contribution in [0.1, 0.15) is 24.0 Å². The predicted octanol–water partition coefficient (Wildman–Crippen LogP) is 5.49. The standard InChI is InChI=1S/C24H25NO2S/c26-22-13-15-23(16-14-22)28-17-7-12-24(27)25(18-20-8-3-1-4-9-20)19-21-10-5-2-6-11-21/h1-6,8-11,13-16,26H,7,12,17-19H2. The fraction of sp³-hybridized carbons (Fsp3) is 0.208. The van der Waals surface area contributed by atoms with Gasteiger partial charge in [0.1, 0.15) is 5.75 Å². The van der Waals surface area contributed by atoms with Crippen LogP contribution < -0.4 is 0 Å². The number of carbonyl (C=O) groups excluding carboxylic acids is 1. The van der Waals surface area contributed by atoms with Crippen molar-refractivity contribution in [2.24, 2.45) is 0 Å². The zero-order valence-corrected chi connectivity index (χ0v) is 16.6. The third-order valence-corrected chi connectivity index (χ3v) is 5.52. The molecule has 0 atom stereocenters. The molecule has 3 rings (SSSR count). The second-order valence-corrected chi connectivity index (χ2v) is 7.84. The molecule has 0 radical (unpaired) electrons. The van der Waals surface area contributed by atoms with Crippen LogP contribution in [0.15, 0.2) is 89.8 Å². The molecule has 3 nitrogen and oxygen atoms in total. The predicted molar refractivity (Wildman–Crippen MR) is 115 cm³/mol. The van der Waals surface area contributed by atoms with Crippen LogP contribution in [0.25, 0.3) is 0 Å². The van der Waals surface area contributed by atoms with Gasteiger partial charge in [0.25, 0.3) is 0 Å². The molecule has 1 N–H and O–H groups in total. The molecule has 0 aromatic heterocycles. The number of phenolic OH excluding ortho intramolecular Hbond substituents is 1. The van der Waals surface area contributed by atoms with E-state index in [1.54, 1.807) is 23.9 Å². The van der Waals surface area contributed by atoms with Crippen molar-refractivity contribution in [1.82, 2.24) is 4.90 Å². The second-order valence-electron chi connectivity index (χ2n) is 6.67. The zero-order valence-electron chi connectivity index (χ0n) is 15.8. The van der Waals surface area contributed by atoms with Gasteiger partial charge in [-0.25, -0.2) is 0 Å². The van der Waals surface area contributed by atoms with Gasteiger partial charge in [-0.3, -0.25) is 4.79 Å². The highest BCUT2D eigenvalue weighted by molar-refractivity contribution is 7.99. The number of aromatic hydroxyl groups is 1. The van der Waals surface area contributed by atoms with E-state index in [0.29, 0.717) is 19.5 Å². The lowest BCUT2D eigenvalue weighted by molar-refractivity contribution is -0.132. The number of phenols is 1. The fourth-order valence-electron chi connectivity index (χ4n) is 2.95. The van der Waals surface area contributed by atoms with Gasteiger partial charge < -0.3 is 10.0 Å². The fourth-order valence-corrected chi connectivity index (χ4v) is 3.81. The summed E-state index contributed by atoms with van der Waals surface area (Å²) in [5.41, 5.74) is 2.29. The quantitative estimate of drug-likeness (QED) is 0.387. The Hall–Kier alpha value is -2.72. The van der Waals surface area contributed by atoms with Gasteiger partial charge in [-0.15, -0.1) is 11.8 Å². The van der Waals surface area contributed by atoms with Crippen LogP contribution in [-0.4, -0.2) is 21.7 Å². The molecule has 0 spiro atoms. The van der Waals surface area contributed by atoms with Crippen molar-refractivity contribution < 1.29 is 9.90 Å². The zero-order chi connectivity index (χ0) is 19.6. The molecular formula is C24H25NO2S. The van der Waals surface area contributed by atoms with Crippen LogP contribution in [0, 0.1) is 0 Å². The van der Waals surface area contributed by atoms with Crippen LogP contribution in [0.4, 0.5) is 0 Å². The first-order valence-electron chi connectivity index (χ1n) is 9.48. The van der Waals surface area contributed by atoms with Crippen LogP contribution in [0.2, 0.25) is 0 Å². The highest BCUT2D eigenvalue weighted by atomic mass is 32.2. The summed E-state index contributed by atoms with van der Waals surface area (Å²) in [6, 6.07) is 27.4. The van der Waals surface area contributed by atoms with Crippen LogP contribution in [0.5, 0.6) is 5.75 Å². The summed E-state index contributed by atoms with van der Waals surface area (Å²) in [6.07, 6.45) is 1.36. The van der Waals surface area contributed by atoms with Gasteiger partial charge in [0.05, 0.1) is 0 Å². The van der Waals surface area contributed by atoms with Crippen molar-refractivity contribution >= 4 is 17.7 Å². The number of hydrogen-bond donors (Lipinski definition) is 1. The lowest BCUT2D eigenvalue weighted by Gasteiger charge is -2.23. The molecule has 1 amide bonds. The molecule has 3 aromatic carbocycles. The number of amides is 1.